The summed E-state index contributed by atoms with van der Waals surface area (Å²) in [6.45, 7) is 1.81. The number of phosphoric acid groups is 4. The van der Waals surface area contributed by atoms with Gasteiger partial charge in [-0.3, -0.25) is 37.0 Å². The van der Waals surface area contributed by atoms with Gasteiger partial charge in [-0.1, -0.05) is 32.5 Å². The van der Waals surface area contributed by atoms with Crippen LogP contribution in [0.1, 0.15) is 52.7 Å². The van der Waals surface area contributed by atoms with E-state index in [9.17, 15) is 62.4 Å². The molecule has 0 spiro atoms. The summed E-state index contributed by atoms with van der Waals surface area (Å²) in [6, 6.07) is 0. The number of amides is 2. The highest BCUT2D eigenvalue weighted by atomic mass is 32.2. The van der Waals surface area contributed by atoms with Crippen LogP contribution in [-0.4, -0.2) is 139 Å². The third-order valence-corrected chi connectivity index (χ3v) is 12.8. The first-order chi connectivity index (χ1) is 27.6. The van der Waals surface area contributed by atoms with Crippen LogP contribution in [0.2, 0.25) is 0 Å². The number of ether oxygens (including phenoxy) is 1. The van der Waals surface area contributed by atoms with E-state index in [1.165, 1.54) is 13.8 Å². The number of hydrogen-bond donors (Lipinski definition) is 11. The van der Waals surface area contributed by atoms with Gasteiger partial charge in [0.2, 0.25) is 11.8 Å². The standard InChI is InChI=1S/C27H47N7O21P4S/c1-4-15(53-56(40,41)42)5-6-18(36)60-10-9-29-17(35)7-8-30-25(39)22(38)27(2,3)12-51-59(48,49)55-58(46,47)50-11-16-21(54-57(43,44)45)20(37)26(52-16)34-14-33-19-23(28)31-13-32-24(19)34/h13-16,20-22,26,37-38H,4-12H2,1-3H3,(H,29,35)(H,30,39)(H,46,47)(H,48,49)(H2,28,31,32)(H2,40,41,42)(H2,43,44,45)/t15?,16-,20-,21-,22+,26-/m1/s1. The molecule has 1 aliphatic rings. The van der Waals surface area contributed by atoms with Crippen LogP contribution in [0, 0.1) is 5.41 Å². The number of aromatic nitrogens is 4. The summed E-state index contributed by atoms with van der Waals surface area (Å²) in [5.74, 6) is -1.43. The number of phosphoric ester groups is 4. The highest BCUT2D eigenvalue weighted by Gasteiger charge is 2.50. The molecule has 28 nitrogen and oxygen atoms in total. The number of anilines is 1. The van der Waals surface area contributed by atoms with E-state index in [1.54, 1.807) is 6.92 Å². The van der Waals surface area contributed by atoms with E-state index in [1.807, 2.05) is 0 Å². The van der Waals surface area contributed by atoms with Crippen LogP contribution in [0.15, 0.2) is 12.7 Å². The summed E-state index contributed by atoms with van der Waals surface area (Å²) in [4.78, 5) is 106. The minimum Gasteiger partial charge on any atom is -0.386 e. The molecule has 1 aliphatic heterocycles. The largest absolute Gasteiger partial charge is 0.481 e. The molecule has 0 saturated carbocycles. The molecule has 3 heterocycles. The van der Waals surface area contributed by atoms with Crippen LogP contribution in [0.5, 0.6) is 0 Å². The number of carbonyl (C=O) groups is 3. The average Bonchev–Trinajstić information content (AvgIpc) is 3.69. The molecule has 0 radical (unpaired) electrons. The minimum absolute atomic E-state index is 0.0149. The Morgan fingerprint density at radius 3 is 2.28 bits per heavy atom. The molecule has 342 valence electrons. The van der Waals surface area contributed by atoms with Gasteiger partial charge in [0, 0.05) is 37.1 Å². The summed E-state index contributed by atoms with van der Waals surface area (Å²) in [5, 5.41) is 26.0. The summed E-state index contributed by atoms with van der Waals surface area (Å²) < 4.78 is 77.6. The molecule has 2 aromatic rings. The lowest BCUT2D eigenvalue weighted by molar-refractivity contribution is -0.137. The fourth-order valence-corrected chi connectivity index (χ4v) is 9.34. The molecule has 0 bridgehead atoms. The Bertz CT molecular complexity index is 2000. The fourth-order valence-electron chi connectivity index (χ4n) is 5.17. The zero-order valence-corrected chi connectivity index (χ0v) is 36.3. The number of aliphatic hydroxyl groups is 2. The second-order valence-electron chi connectivity index (χ2n) is 13.5. The number of imidazole rings is 1. The number of nitrogen functional groups attached to an aromatic ring is 1. The zero-order chi connectivity index (χ0) is 45.3. The number of rotatable bonds is 25. The van der Waals surface area contributed by atoms with E-state index in [-0.39, 0.29) is 66.6 Å². The summed E-state index contributed by atoms with van der Waals surface area (Å²) >= 11 is 0.891. The quantitative estimate of drug-likeness (QED) is 0.0434. The fraction of sp³-hybridized carbons (Fsp3) is 0.704. The second-order valence-corrected chi connectivity index (χ2v) is 20.0. The number of thioether (sulfide) groups is 1. The summed E-state index contributed by atoms with van der Waals surface area (Å²) in [5.41, 5.74) is 4.18. The number of nitrogens with one attached hydrogen (secondary N) is 2. The Hall–Kier alpha value is -2.33. The maximum atomic E-state index is 12.7. The van der Waals surface area contributed by atoms with Crippen LogP contribution in [0.3, 0.4) is 0 Å². The molecule has 2 aromatic heterocycles. The maximum Gasteiger partial charge on any atom is 0.481 e. The number of carbonyl (C=O) groups excluding carboxylic acids is 3. The Balaban J connectivity index is 1.44. The first-order valence-electron chi connectivity index (χ1n) is 17.4. The summed E-state index contributed by atoms with van der Waals surface area (Å²) in [6.07, 6.45) is -7.59. The van der Waals surface area contributed by atoms with Gasteiger partial charge in [-0.2, -0.15) is 4.31 Å². The number of hydrogen-bond acceptors (Lipinski definition) is 20. The van der Waals surface area contributed by atoms with Crippen molar-refractivity contribution in [3.8, 4) is 0 Å². The van der Waals surface area contributed by atoms with Crippen molar-refractivity contribution in [3.63, 3.8) is 0 Å². The third-order valence-electron chi connectivity index (χ3n) is 8.18. The molecule has 1 saturated heterocycles. The molecule has 3 unspecified atom stereocenters. The van der Waals surface area contributed by atoms with Gasteiger partial charge in [0.25, 0.3) is 0 Å². The topological polar surface area (TPSA) is 430 Å². The molecule has 60 heavy (non-hydrogen) atoms. The van der Waals surface area contributed by atoms with E-state index in [2.05, 4.69) is 38.9 Å². The zero-order valence-electron chi connectivity index (χ0n) is 31.9. The molecule has 2 amide bonds. The minimum atomic E-state index is -5.60. The number of fused-ring (bicyclic) bond motifs is 1. The van der Waals surface area contributed by atoms with E-state index in [0.29, 0.717) is 0 Å². The smallest absolute Gasteiger partial charge is 0.386 e. The molecule has 8 atom stereocenters. The Morgan fingerprint density at radius 2 is 1.65 bits per heavy atom. The number of nitrogens with two attached hydrogens (primary N) is 1. The first-order valence-corrected chi connectivity index (χ1v) is 24.5. The molecule has 0 aromatic carbocycles. The van der Waals surface area contributed by atoms with Crippen molar-refractivity contribution in [2.24, 2.45) is 5.41 Å². The van der Waals surface area contributed by atoms with E-state index in [0.717, 1.165) is 29.0 Å². The van der Waals surface area contributed by atoms with Crippen molar-refractivity contribution in [3.05, 3.63) is 12.7 Å². The normalized spacial score (nSPS) is 21.9. The second kappa shape index (κ2) is 21.8. The highest BCUT2D eigenvalue weighted by molar-refractivity contribution is 8.13. The van der Waals surface area contributed by atoms with Gasteiger partial charge < -0.3 is 60.7 Å². The SMILES string of the molecule is CCC(CCC(=O)SCCNC(=O)CCNC(=O)[C@H](O)C(C)(C)COP(=O)(O)OP(=O)(O)OC[C@H]1O[C@@H](n2cnc3c(N)ncnc32)[C@H](O)[C@@H]1OP(=O)(O)O)OP(=O)(O)O. The van der Waals surface area contributed by atoms with Crippen LogP contribution < -0.4 is 16.4 Å². The average molecular weight is 962 g/mol. The molecule has 1 fully saturated rings. The predicted molar refractivity (Wildman–Crippen MR) is 204 cm³/mol. The Labute approximate surface area is 344 Å². The van der Waals surface area contributed by atoms with Gasteiger partial charge >= 0.3 is 31.3 Å². The van der Waals surface area contributed by atoms with Crippen molar-refractivity contribution in [2.45, 2.75) is 83.2 Å². The lowest BCUT2D eigenvalue weighted by Crippen LogP contribution is -2.46. The van der Waals surface area contributed by atoms with Gasteiger partial charge in [-0.15, -0.1) is 0 Å². The van der Waals surface area contributed by atoms with Crippen molar-refractivity contribution < 1.29 is 99.4 Å². The van der Waals surface area contributed by atoms with Crippen molar-refractivity contribution in [1.29, 1.82) is 0 Å². The van der Waals surface area contributed by atoms with E-state index in [4.69, 9.17) is 29.3 Å². The van der Waals surface area contributed by atoms with Crippen molar-refractivity contribution in [2.75, 3.05) is 37.8 Å². The monoisotopic (exact) mass is 961 g/mol. The van der Waals surface area contributed by atoms with Crippen LogP contribution >= 0.6 is 43.1 Å². The van der Waals surface area contributed by atoms with Gasteiger partial charge in [0.15, 0.2) is 22.8 Å². The van der Waals surface area contributed by atoms with Crippen LogP contribution in [0.25, 0.3) is 11.2 Å². The van der Waals surface area contributed by atoms with Gasteiger partial charge in [-0.25, -0.2) is 33.2 Å². The van der Waals surface area contributed by atoms with Crippen molar-refractivity contribution in [1.82, 2.24) is 30.2 Å². The summed E-state index contributed by atoms with van der Waals surface area (Å²) in [7, 11) is -21.2. The van der Waals surface area contributed by atoms with Gasteiger partial charge in [-0.05, 0) is 12.8 Å². The van der Waals surface area contributed by atoms with Gasteiger partial charge in [0.05, 0.1) is 25.6 Å². The number of nitrogens with zero attached hydrogens (tertiary/aromatic N) is 4. The third kappa shape index (κ3) is 16.7. The maximum absolute atomic E-state index is 12.7. The van der Waals surface area contributed by atoms with Crippen LogP contribution in [0.4, 0.5) is 5.82 Å². The lowest BCUT2D eigenvalue weighted by Gasteiger charge is -2.30. The van der Waals surface area contributed by atoms with Crippen LogP contribution in [-0.2, 0) is 59.8 Å². The molecular formula is C27H47N7O21P4S. The Kier molecular flexibility index (Phi) is 18.9. The van der Waals surface area contributed by atoms with E-state index < -0.39 is 98.5 Å². The molecule has 12 N–H and O–H groups in total. The molecule has 0 aliphatic carbocycles. The first kappa shape index (κ1) is 52.0. The predicted octanol–water partition coefficient (Wildman–Crippen LogP) is -0.667. The number of aliphatic hydroxyl groups excluding tert-OH is 2. The Morgan fingerprint density at radius 1 is 0.983 bits per heavy atom. The van der Waals surface area contributed by atoms with Gasteiger partial charge in [0.1, 0.15) is 36.3 Å². The lowest BCUT2D eigenvalue weighted by atomic mass is 9.87. The molecule has 33 heteroatoms. The molecular weight excluding hydrogens is 914 g/mol. The highest BCUT2D eigenvalue weighted by Crippen LogP contribution is 2.61. The van der Waals surface area contributed by atoms with Crippen molar-refractivity contribution >= 4 is 77.0 Å². The molecule has 3 rings (SSSR count). The van der Waals surface area contributed by atoms with E-state index >= 15 is 0 Å².